The maximum atomic E-state index is 13.6. The van der Waals surface area contributed by atoms with Crippen molar-refractivity contribution < 1.29 is 23.6 Å². The molecule has 0 fully saturated rings. The van der Waals surface area contributed by atoms with Crippen LogP contribution in [-0.4, -0.2) is 22.0 Å². The van der Waals surface area contributed by atoms with E-state index in [-0.39, 0.29) is 6.42 Å². The zero-order valence-electron chi connectivity index (χ0n) is 10.0. The lowest BCUT2D eigenvalue weighted by atomic mass is 10.1. The van der Waals surface area contributed by atoms with Crippen molar-refractivity contribution >= 4 is 17.3 Å². The van der Waals surface area contributed by atoms with Crippen LogP contribution in [-0.2, 0) is 4.79 Å². The van der Waals surface area contributed by atoms with Crippen LogP contribution in [0.15, 0.2) is 12.1 Å². The molecule has 0 bridgehead atoms. The summed E-state index contributed by atoms with van der Waals surface area (Å²) in [5.41, 5.74) is -1.26. The third kappa shape index (κ3) is 3.60. The Labute approximate surface area is 107 Å². The van der Waals surface area contributed by atoms with Crippen molar-refractivity contribution in [2.75, 3.05) is 5.32 Å². The van der Waals surface area contributed by atoms with Gasteiger partial charge in [0.15, 0.2) is 17.3 Å². The Morgan fingerprint density at radius 1 is 1.53 bits per heavy atom. The predicted octanol–water partition coefficient (Wildman–Crippen LogP) is 2.54. The molecular weight excluding hydrogens is 262 g/mol. The van der Waals surface area contributed by atoms with Gasteiger partial charge < -0.3 is 10.4 Å². The van der Waals surface area contributed by atoms with Gasteiger partial charge in [0, 0.05) is 12.1 Å². The molecule has 0 aliphatic heterocycles. The van der Waals surface area contributed by atoms with Crippen molar-refractivity contribution in [3.05, 3.63) is 33.9 Å². The van der Waals surface area contributed by atoms with Gasteiger partial charge in [0.25, 0.3) is 5.69 Å². The van der Waals surface area contributed by atoms with Crippen molar-refractivity contribution in [3.8, 4) is 0 Å². The average Bonchev–Trinajstić information content (AvgIpc) is 2.33. The highest BCUT2D eigenvalue weighted by Crippen LogP contribution is 2.30. The summed E-state index contributed by atoms with van der Waals surface area (Å²) in [5, 5.41) is 21.8. The van der Waals surface area contributed by atoms with E-state index < -0.39 is 39.9 Å². The summed E-state index contributed by atoms with van der Waals surface area (Å²) in [5.74, 6) is -3.77. The summed E-state index contributed by atoms with van der Waals surface area (Å²) in [6.07, 6.45) is -0.0665. The van der Waals surface area contributed by atoms with E-state index in [1.165, 1.54) is 0 Å². The number of hydrogen-bond donors (Lipinski definition) is 2. The summed E-state index contributed by atoms with van der Waals surface area (Å²) < 4.78 is 26.7. The second kappa shape index (κ2) is 6.07. The molecule has 8 heteroatoms. The van der Waals surface area contributed by atoms with E-state index in [0.717, 1.165) is 6.07 Å². The van der Waals surface area contributed by atoms with Gasteiger partial charge in [-0.1, -0.05) is 6.92 Å². The Bertz CT molecular complexity index is 508. The number of nitro groups is 1. The van der Waals surface area contributed by atoms with Gasteiger partial charge in [-0.25, -0.2) is 8.78 Å². The molecule has 104 valence electrons. The number of nitrogens with one attached hydrogen (secondary N) is 1. The summed E-state index contributed by atoms with van der Waals surface area (Å²) in [6.45, 7) is 1.63. The van der Waals surface area contributed by atoms with Gasteiger partial charge in [0.1, 0.15) is 0 Å². The first-order valence-electron chi connectivity index (χ1n) is 5.47. The van der Waals surface area contributed by atoms with E-state index in [9.17, 15) is 23.7 Å². The number of anilines is 1. The highest BCUT2D eigenvalue weighted by molar-refractivity contribution is 5.69. The van der Waals surface area contributed by atoms with E-state index in [4.69, 9.17) is 5.11 Å². The average molecular weight is 274 g/mol. The molecule has 1 aromatic carbocycles. The van der Waals surface area contributed by atoms with Crippen molar-refractivity contribution in [1.29, 1.82) is 0 Å². The first kappa shape index (κ1) is 14.8. The smallest absolute Gasteiger partial charge is 0.305 e. The molecule has 0 saturated carbocycles. The van der Waals surface area contributed by atoms with Gasteiger partial charge >= 0.3 is 5.97 Å². The molecule has 19 heavy (non-hydrogen) atoms. The summed E-state index contributed by atoms with van der Waals surface area (Å²) in [7, 11) is 0. The zero-order valence-corrected chi connectivity index (χ0v) is 10.0. The summed E-state index contributed by atoms with van der Waals surface area (Å²) in [4.78, 5) is 20.5. The van der Waals surface area contributed by atoms with Crippen LogP contribution >= 0.6 is 0 Å². The number of carboxylic acids is 1. The fourth-order valence-electron chi connectivity index (χ4n) is 1.54. The molecule has 1 rings (SSSR count). The minimum atomic E-state index is -1.39. The summed E-state index contributed by atoms with van der Waals surface area (Å²) in [6, 6.07) is 0.748. The Morgan fingerprint density at radius 2 is 2.16 bits per heavy atom. The largest absolute Gasteiger partial charge is 0.481 e. The van der Waals surface area contributed by atoms with Gasteiger partial charge in [0.05, 0.1) is 11.3 Å². The SMILES string of the molecule is CCC(CC(=O)O)Nc1c([N+](=O)[O-])ccc(F)c1F. The van der Waals surface area contributed by atoms with Gasteiger partial charge in [-0.05, 0) is 12.5 Å². The number of carboxylic acid groups (broad SMARTS) is 1. The normalized spacial score (nSPS) is 11.9. The van der Waals surface area contributed by atoms with E-state index in [1.54, 1.807) is 6.92 Å². The van der Waals surface area contributed by atoms with Crippen LogP contribution in [0.1, 0.15) is 19.8 Å². The van der Waals surface area contributed by atoms with E-state index >= 15 is 0 Å². The molecule has 0 radical (unpaired) electrons. The van der Waals surface area contributed by atoms with Crippen molar-refractivity contribution in [2.45, 2.75) is 25.8 Å². The number of hydrogen-bond acceptors (Lipinski definition) is 4. The van der Waals surface area contributed by atoms with Crippen LogP contribution in [0.25, 0.3) is 0 Å². The fourth-order valence-corrected chi connectivity index (χ4v) is 1.54. The number of carbonyl (C=O) groups is 1. The number of nitro benzene ring substituents is 1. The third-order valence-electron chi connectivity index (χ3n) is 2.53. The van der Waals surface area contributed by atoms with Crippen LogP contribution in [0, 0.1) is 21.7 Å². The zero-order chi connectivity index (χ0) is 14.6. The number of rotatable bonds is 6. The highest BCUT2D eigenvalue weighted by Gasteiger charge is 2.24. The van der Waals surface area contributed by atoms with Crippen LogP contribution < -0.4 is 5.32 Å². The molecule has 0 spiro atoms. The molecule has 2 N–H and O–H groups in total. The number of benzene rings is 1. The van der Waals surface area contributed by atoms with Crippen molar-refractivity contribution in [1.82, 2.24) is 0 Å². The lowest BCUT2D eigenvalue weighted by Gasteiger charge is -2.16. The molecule has 0 saturated heterocycles. The standard InChI is InChI=1S/C11H12F2N2O4/c1-2-6(5-9(16)17)14-11-8(15(18)19)4-3-7(12)10(11)13/h3-4,6,14H,2,5H2,1H3,(H,16,17). The molecule has 1 aromatic rings. The number of halogens is 2. The van der Waals surface area contributed by atoms with Crippen molar-refractivity contribution in [2.24, 2.45) is 0 Å². The molecule has 0 amide bonds. The Kier molecular flexibility index (Phi) is 4.74. The topological polar surface area (TPSA) is 92.5 Å². The van der Waals surface area contributed by atoms with E-state index in [2.05, 4.69) is 5.32 Å². The Morgan fingerprint density at radius 3 is 2.63 bits per heavy atom. The van der Waals surface area contributed by atoms with Crippen LogP contribution in [0.2, 0.25) is 0 Å². The molecule has 0 heterocycles. The van der Waals surface area contributed by atoms with Crippen LogP contribution in [0.4, 0.5) is 20.2 Å². The predicted molar refractivity (Wildman–Crippen MR) is 63.0 cm³/mol. The number of aliphatic carboxylic acids is 1. The Hall–Kier alpha value is -2.25. The quantitative estimate of drug-likeness (QED) is 0.614. The molecule has 1 unspecified atom stereocenters. The second-order valence-electron chi connectivity index (χ2n) is 3.86. The molecule has 6 nitrogen and oxygen atoms in total. The maximum absolute atomic E-state index is 13.6. The highest BCUT2D eigenvalue weighted by atomic mass is 19.2. The maximum Gasteiger partial charge on any atom is 0.305 e. The first-order chi connectivity index (χ1) is 8.86. The van der Waals surface area contributed by atoms with Gasteiger partial charge in [-0.3, -0.25) is 14.9 Å². The first-order valence-corrected chi connectivity index (χ1v) is 5.47. The lowest BCUT2D eigenvalue weighted by Crippen LogP contribution is -2.23. The lowest BCUT2D eigenvalue weighted by molar-refractivity contribution is -0.384. The van der Waals surface area contributed by atoms with Gasteiger partial charge in [-0.2, -0.15) is 0 Å². The molecule has 0 aliphatic rings. The monoisotopic (exact) mass is 274 g/mol. The Balaban J connectivity index is 3.13. The third-order valence-corrected chi connectivity index (χ3v) is 2.53. The van der Waals surface area contributed by atoms with Gasteiger partial charge in [0.2, 0.25) is 0 Å². The minimum Gasteiger partial charge on any atom is -0.481 e. The van der Waals surface area contributed by atoms with E-state index in [0.29, 0.717) is 12.5 Å². The number of nitrogens with zero attached hydrogens (tertiary/aromatic N) is 1. The summed E-state index contributed by atoms with van der Waals surface area (Å²) >= 11 is 0. The van der Waals surface area contributed by atoms with Crippen LogP contribution in [0.3, 0.4) is 0 Å². The van der Waals surface area contributed by atoms with Crippen molar-refractivity contribution in [3.63, 3.8) is 0 Å². The molecule has 0 aliphatic carbocycles. The molecule has 0 aromatic heterocycles. The van der Waals surface area contributed by atoms with E-state index in [1.807, 2.05) is 0 Å². The van der Waals surface area contributed by atoms with Gasteiger partial charge in [-0.15, -0.1) is 0 Å². The fraction of sp³-hybridized carbons (Fsp3) is 0.364. The second-order valence-corrected chi connectivity index (χ2v) is 3.86. The van der Waals surface area contributed by atoms with Crippen LogP contribution in [0.5, 0.6) is 0 Å². The molecular formula is C11H12F2N2O4. The minimum absolute atomic E-state index is 0.291. The molecule has 1 atom stereocenters.